The number of amides is 2. The number of nitrogens with one attached hydrogen (secondary N) is 2. The van der Waals surface area contributed by atoms with E-state index >= 15 is 0 Å². The third-order valence-electron chi connectivity index (χ3n) is 2.63. The van der Waals surface area contributed by atoms with Crippen molar-refractivity contribution in [2.24, 2.45) is 0 Å². The molecule has 0 aliphatic heterocycles. The summed E-state index contributed by atoms with van der Waals surface area (Å²) in [5.41, 5.74) is -0.534. The number of carboxylic acids is 1. The molecule has 1 rings (SSSR count). The molecule has 0 aliphatic carbocycles. The van der Waals surface area contributed by atoms with Gasteiger partial charge in [0.25, 0.3) is 0 Å². The van der Waals surface area contributed by atoms with Gasteiger partial charge >= 0.3 is 12.0 Å². The minimum Gasteiger partial charge on any atom is -0.481 e. The molecule has 0 radical (unpaired) electrons. The monoisotopic (exact) mass is 284 g/mol. The van der Waals surface area contributed by atoms with Crippen molar-refractivity contribution in [1.29, 1.82) is 0 Å². The van der Waals surface area contributed by atoms with E-state index < -0.39 is 11.5 Å². The summed E-state index contributed by atoms with van der Waals surface area (Å²) < 4.78 is 0. The van der Waals surface area contributed by atoms with Crippen molar-refractivity contribution < 1.29 is 14.7 Å². The Morgan fingerprint density at radius 3 is 2.58 bits per heavy atom. The van der Waals surface area contributed by atoms with Crippen LogP contribution in [0.3, 0.4) is 0 Å². The lowest BCUT2D eigenvalue weighted by Crippen LogP contribution is -2.48. The van der Waals surface area contributed by atoms with Gasteiger partial charge in [0.1, 0.15) is 0 Å². The van der Waals surface area contributed by atoms with E-state index in [2.05, 4.69) is 10.6 Å². The standard InChI is InChI=1S/C13H20N2O3S/c1-9-4-5-10(19-9)8-14-12(18)15-13(2,3)7-6-11(16)17/h4-5H,6-8H2,1-3H3,(H,16,17)(H2,14,15,18). The van der Waals surface area contributed by atoms with E-state index in [9.17, 15) is 9.59 Å². The predicted molar refractivity (Wildman–Crippen MR) is 75.4 cm³/mol. The van der Waals surface area contributed by atoms with Gasteiger partial charge in [-0.2, -0.15) is 0 Å². The lowest BCUT2D eigenvalue weighted by atomic mass is 9.99. The van der Waals surface area contributed by atoms with Gasteiger partial charge in [-0.25, -0.2) is 4.79 Å². The first-order chi connectivity index (χ1) is 8.78. The van der Waals surface area contributed by atoms with Gasteiger partial charge in [-0.1, -0.05) is 0 Å². The number of carboxylic acid groups (broad SMARTS) is 1. The van der Waals surface area contributed by atoms with Crippen molar-refractivity contribution in [3.05, 3.63) is 21.9 Å². The molecule has 0 spiro atoms. The molecule has 0 fully saturated rings. The largest absolute Gasteiger partial charge is 0.481 e. The van der Waals surface area contributed by atoms with Gasteiger partial charge in [-0.3, -0.25) is 4.79 Å². The Balaban J connectivity index is 2.35. The summed E-state index contributed by atoms with van der Waals surface area (Å²) in [6.07, 6.45) is 0.436. The number of carbonyl (C=O) groups excluding carboxylic acids is 1. The van der Waals surface area contributed by atoms with Crippen LogP contribution in [-0.2, 0) is 11.3 Å². The highest BCUT2D eigenvalue weighted by atomic mass is 32.1. The van der Waals surface area contributed by atoms with Crippen LogP contribution < -0.4 is 10.6 Å². The van der Waals surface area contributed by atoms with E-state index in [0.29, 0.717) is 13.0 Å². The van der Waals surface area contributed by atoms with Gasteiger partial charge < -0.3 is 15.7 Å². The summed E-state index contributed by atoms with van der Waals surface area (Å²) in [6.45, 7) is 6.12. The van der Waals surface area contributed by atoms with Crippen molar-refractivity contribution in [3.8, 4) is 0 Å². The topological polar surface area (TPSA) is 78.4 Å². The molecule has 3 N–H and O–H groups in total. The fraction of sp³-hybridized carbons (Fsp3) is 0.538. The Morgan fingerprint density at radius 2 is 2.05 bits per heavy atom. The molecule has 0 atom stereocenters. The highest BCUT2D eigenvalue weighted by Gasteiger charge is 2.21. The van der Waals surface area contributed by atoms with Crippen molar-refractivity contribution in [1.82, 2.24) is 10.6 Å². The molecule has 106 valence electrons. The van der Waals surface area contributed by atoms with Crippen molar-refractivity contribution >= 4 is 23.3 Å². The second-order valence-corrected chi connectivity index (χ2v) is 6.47. The average Bonchev–Trinajstić information content (AvgIpc) is 2.69. The molecule has 1 heterocycles. The third kappa shape index (κ3) is 6.24. The number of rotatable bonds is 6. The van der Waals surface area contributed by atoms with Gasteiger partial charge in [0.05, 0.1) is 6.54 Å². The molecule has 19 heavy (non-hydrogen) atoms. The number of urea groups is 1. The highest BCUT2D eigenvalue weighted by molar-refractivity contribution is 7.11. The van der Waals surface area contributed by atoms with Crippen LogP contribution in [0.15, 0.2) is 12.1 Å². The quantitative estimate of drug-likeness (QED) is 0.751. The number of thiophene rings is 1. The Bertz CT molecular complexity index is 454. The van der Waals surface area contributed by atoms with Gasteiger partial charge in [0, 0.05) is 21.7 Å². The number of hydrogen-bond donors (Lipinski definition) is 3. The first-order valence-corrected chi connectivity index (χ1v) is 6.93. The van der Waals surface area contributed by atoms with Gasteiger partial charge in [-0.15, -0.1) is 11.3 Å². The third-order valence-corrected chi connectivity index (χ3v) is 3.64. The van der Waals surface area contributed by atoms with Gasteiger partial charge in [0.15, 0.2) is 0 Å². The fourth-order valence-electron chi connectivity index (χ4n) is 1.58. The van der Waals surface area contributed by atoms with Crippen LogP contribution in [-0.4, -0.2) is 22.6 Å². The molecule has 6 heteroatoms. The van der Waals surface area contributed by atoms with Crippen molar-refractivity contribution in [2.45, 2.75) is 45.7 Å². The summed E-state index contributed by atoms with van der Waals surface area (Å²) in [4.78, 5) is 24.5. The zero-order valence-corrected chi connectivity index (χ0v) is 12.3. The summed E-state index contributed by atoms with van der Waals surface area (Å²) in [5.74, 6) is -0.857. The van der Waals surface area contributed by atoms with E-state index in [-0.39, 0.29) is 12.5 Å². The van der Waals surface area contributed by atoms with Crippen LogP contribution in [0, 0.1) is 6.92 Å². The second-order valence-electron chi connectivity index (χ2n) is 5.10. The van der Waals surface area contributed by atoms with E-state index in [4.69, 9.17) is 5.11 Å². The van der Waals surface area contributed by atoms with Crippen LogP contribution in [0.25, 0.3) is 0 Å². The minimum absolute atomic E-state index is 0.0391. The fourth-order valence-corrected chi connectivity index (χ4v) is 2.41. The van der Waals surface area contributed by atoms with Crippen LogP contribution in [0.2, 0.25) is 0 Å². The van der Waals surface area contributed by atoms with Crippen LogP contribution in [0.4, 0.5) is 4.79 Å². The zero-order valence-electron chi connectivity index (χ0n) is 11.4. The summed E-state index contributed by atoms with van der Waals surface area (Å²) in [6, 6.07) is 3.72. The summed E-state index contributed by atoms with van der Waals surface area (Å²) in [7, 11) is 0. The summed E-state index contributed by atoms with van der Waals surface area (Å²) >= 11 is 1.64. The zero-order chi connectivity index (χ0) is 14.5. The van der Waals surface area contributed by atoms with Gasteiger partial charge in [-0.05, 0) is 39.3 Å². The molecule has 2 amide bonds. The predicted octanol–water partition coefficient (Wildman–Crippen LogP) is 2.50. The lowest BCUT2D eigenvalue weighted by Gasteiger charge is -2.25. The molecule has 1 aromatic heterocycles. The maximum Gasteiger partial charge on any atom is 0.315 e. The molecule has 0 unspecified atom stereocenters. The van der Waals surface area contributed by atoms with E-state index in [0.717, 1.165) is 4.88 Å². The van der Waals surface area contributed by atoms with Crippen molar-refractivity contribution in [3.63, 3.8) is 0 Å². The number of aliphatic carboxylic acids is 1. The summed E-state index contributed by atoms with van der Waals surface area (Å²) in [5, 5.41) is 14.2. The van der Waals surface area contributed by atoms with Crippen LogP contribution >= 0.6 is 11.3 Å². The Morgan fingerprint density at radius 1 is 1.37 bits per heavy atom. The van der Waals surface area contributed by atoms with E-state index in [1.165, 1.54) is 4.88 Å². The molecule has 0 bridgehead atoms. The normalized spacial score (nSPS) is 11.1. The first kappa shape index (κ1) is 15.5. The molecular weight excluding hydrogens is 264 g/mol. The molecule has 0 saturated carbocycles. The van der Waals surface area contributed by atoms with Gasteiger partial charge in [0.2, 0.25) is 0 Å². The second kappa shape index (κ2) is 6.56. The van der Waals surface area contributed by atoms with Crippen molar-refractivity contribution in [2.75, 3.05) is 0 Å². The van der Waals surface area contributed by atoms with E-state index in [1.54, 1.807) is 11.3 Å². The highest BCUT2D eigenvalue weighted by Crippen LogP contribution is 2.15. The molecule has 0 aromatic carbocycles. The van der Waals surface area contributed by atoms with Crippen LogP contribution in [0.1, 0.15) is 36.4 Å². The molecule has 1 aromatic rings. The molecule has 0 saturated heterocycles. The number of hydrogen-bond acceptors (Lipinski definition) is 3. The smallest absolute Gasteiger partial charge is 0.315 e. The Hall–Kier alpha value is -1.56. The Labute approximate surface area is 117 Å². The number of carbonyl (C=O) groups is 2. The maximum atomic E-state index is 11.7. The molecule has 0 aliphatic rings. The molecular formula is C13H20N2O3S. The maximum absolute atomic E-state index is 11.7. The number of aryl methyl sites for hydroxylation is 1. The van der Waals surface area contributed by atoms with Crippen LogP contribution in [0.5, 0.6) is 0 Å². The van der Waals surface area contributed by atoms with E-state index in [1.807, 2.05) is 32.9 Å². The Kier molecular flexibility index (Phi) is 5.35. The minimum atomic E-state index is -0.857. The first-order valence-electron chi connectivity index (χ1n) is 6.12. The lowest BCUT2D eigenvalue weighted by molar-refractivity contribution is -0.137. The average molecular weight is 284 g/mol. The SMILES string of the molecule is Cc1ccc(CNC(=O)NC(C)(C)CCC(=O)O)s1. The molecule has 5 nitrogen and oxygen atoms in total.